The molecule has 1 aromatic rings. The van der Waals surface area contributed by atoms with Crippen LogP contribution in [0.4, 0.5) is 4.39 Å². The van der Waals surface area contributed by atoms with Crippen LogP contribution >= 0.6 is 0 Å². The molecular weight excluding hydrogens is 179 g/mol. The standard InChI is InChI=1S/C11H9FN2/c1-2-10-9(3-4-13)5-8(7-14)6-11(10)12/h5-6H,2-3H2,1H3. The maximum atomic E-state index is 13.4. The van der Waals surface area contributed by atoms with Gasteiger partial charge in [0.1, 0.15) is 5.82 Å². The van der Waals surface area contributed by atoms with Crippen LogP contribution in [-0.4, -0.2) is 0 Å². The Morgan fingerprint density at radius 3 is 2.57 bits per heavy atom. The highest BCUT2D eigenvalue weighted by Crippen LogP contribution is 2.17. The van der Waals surface area contributed by atoms with Gasteiger partial charge in [-0.3, -0.25) is 0 Å². The Morgan fingerprint density at radius 2 is 2.07 bits per heavy atom. The minimum absolute atomic E-state index is 0.148. The molecule has 70 valence electrons. The van der Waals surface area contributed by atoms with Gasteiger partial charge in [0.25, 0.3) is 0 Å². The van der Waals surface area contributed by atoms with Crippen molar-refractivity contribution in [2.24, 2.45) is 0 Å². The van der Waals surface area contributed by atoms with Gasteiger partial charge in [-0.05, 0) is 29.7 Å². The van der Waals surface area contributed by atoms with Gasteiger partial charge >= 0.3 is 0 Å². The molecule has 0 N–H and O–H groups in total. The smallest absolute Gasteiger partial charge is 0.128 e. The minimum atomic E-state index is -0.392. The van der Waals surface area contributed by atoms with Crippen LogP contribution in [0.2, 0.25) is 0 Å². The average Bonchev–Trinajstić information content (AvgIpc) is 2.18. The van der Waals surface area contributed by atoms with Gasteiger partial charge in [-0.15, -0.1) is 0 Å². The quantitative estimate of drug-likeness (QED) is 0.715. The van der Waals surface area contributed by atoms with E-state index in [-0.39, 0.29) is 12.0 Å². The van der Waals surface area contributed by atoms with Crippen LogP contribution < -0.4 is 0 Å². The molecule has 0 saturated heterocycles. The van der Waals surface area contributed by atoms with Crippen molar-refractivity contribution in [2.45, 2.75) is 19.8 Å². The first-order valence-electron chi connectivity index (χ1n) is 4.31. The van der Waals surface area contributed by atoms with Gasteiger partial charge in [0.2, 0.25) is 0 Å². The Morgan fingerprint density at radius 1 is 1.36 bits per heavy atom. The summed E-state index contributed by atoms with van der Waals surface area (Å²) in [6.45, 7) is 1.82. The molecule has 0 aliphatic rings. The van der Waals surface area contributed by atoms with Gasteiger partial charge in [0.05, 0.1) is 24.1 Å². The van der Waals surface area contributed by atoms with Gasteiger partial charge < -0.3 is 0 Å². The summed E-state index contributed by atoms with van der Waals surface area (Å²) < 4.78 is 13.4. The fourth-order valence-electron chi connectivity index (χ4n) is 1.40. The van der Waals surface area contributed by atoms with Crippen LogP contribution in [0.1, 0.15) is 23.6 Å². The Labute approximate surface area is 82.2 Å². The lowest BCUT2D eigenvalue weighted by atomic mass is 9.99. The highest BCUT2D eigenvalue weighted by Gasteiger charge is 2.08. The van der Waals surface area contributed by atoms with E-state index in [4.69, 9.17) is 10.5 Å². The summed E-state index contributed by atoms with van der Waals surface area (Å²) >= 11 is 0. The molecule has 0 saturated carbocycles. The Balaban J connectivity index is 3.31. The van der Waals surface area contributed by atoms with E-state index >= 15 is 0 Å². The molecule has 1 rings (SSSR count). The zero-order valence-electron chi connectivity index (χ0n) is 7.84. The SMILES string of the molecule is CCc1c(F)cc(C#N)cc1CC#N. The first kappa shape index (κ1) is 10.2. The van der Waals surface area contributed by atoms with Crippen LogP contribution in [0.3, 0.4) is 0 Å². The van der Waals surface area contributed by atoms with Crippen molar-refractivity contribution in [1.82, 2.24) is 0 Å². The maximum absolute atomic E-state index is 13.4. The van der Waals surface area contributed by atoms with Gasteiger partial charge in [-0.1, -0.05) is 6.92 Å². The number of hydrogen-bond acceptors (Lipinski definition) is 2. The molecule has 0 aliphatic carbocycles. The summed E-state index contributed by atoms with van der Waals surface area (Å²) in [5.41, 5.74) is 1.42. The number of nitrogens with zero attached hydrogens (tertiary/aromatic N) is 2. The number of nitriles is 2. The molecule has 0 fully saturated rings. The molecule has 0 heterocycles. The average molecular weight is 188 g/mol. The van der Waals surface area contributed by atoms with Crippen LogP contribution in [-0.2, 0) is 12.8 Å². The van der Waals surface area contributed by atoms with Crippen LogP contribution in [0, 0.1) is 28.5 Å². The van der Waals surface area contributed by atoms with E-state index in [1.165, 1.54) is 6.07 Å². The molecule has 2 nitrogen and oxygen atoms in total. The van der Waals surface area contributed by atoms with E-state index in [1.54, 1.807) is 6.07 Å². The third kappa shape index (κ3) is 1.89. The van der Waals surface area contributed by atoms with Crippen molar-refractivity contribution >= 4 is 0 Å². The van der Waals surface area contributed by atoms with E-state index < -0.39 is 5.82 Å². The highest BCUT2D eigenvalue weighted by atomic mass is 19.1. The maximum Gasteiger partial charge on any atom is 0.128 e. The molecule has 0 aliphatic heterocycles. The Bertz CT molecular complexity index is 424. The van der Waals surface area contributed by atoms with Crippen molar-refractivity contribution in [2.75, 3.05) is 0 Å². The molecule has 0 bridgehead atoms. The summed E-state index contributed by atoms with van der Waals surface area (Å²) in [6.07, 6.45) is 0.685. The first-order valence-corrected chi connectivity index (χ1v) is 4.31. The molecule has 0 aromatic heterocycles. The fourth-order valence-corrected chi connectivity index (χ4v) is 1.40. The van der Waals surface area contributed by atoms with Crippen LogP contribution in [0.15, 0.2) is 12.1 Å². The largest absolute Gasteiger partial charge is 0.207 e. The van der Waals surface area contributed by atoms with Crippen molar-refractivity contribution in [3.8, 4) is 12.1 Å². The molecule has 0 radical (unpaired) electrons. The van der Waals surface area contributed by atoms with Crippen LogP contribution in [0.25, 0.3) is 0 Å². The minimum Gasteiger partial charge on any atom is -0.207 e. The van der Waals surface area contributed by atoms with Gasteiger partial charge in [-0.25, -0.2) is 4.39 Å². The molecule has 0 unspecified atom stereocenters. The zero-order valence-corrected chi connectivity index (χ0v) is 7.84. The first-order chi connectivity index (χ1) is 6.72. The second kappa shape index (κ2) is 4.39. The van der Waals surface area contributed by atoms with E-state index in [0.29, 0.717) is 17.5 Å². The number of hydrogen-bond donors (Lipinski definition) is 0. The lowest BCUT2D eigenvalue weighted by molar-refractivity contribution is 0.609. The molecule has 3 heteroatoms. The van der Waals surface area contributed by atoms with E-state index in [0.717, 1.165) is 0 Å². The molecule has 0 spiro atoms. The predicted octanol–water partition coefficient (Wildman–Crippen LogP) is 2.33. The van der Waals surface area contributed by atoms with Gasteiger partial charge in [-0.2, -0.15) is 10.5 Å². The molecule has 1 aromatic carbocycles. The summed E-state index contributed by atoms with van der Waals surface area (Å²) in [6, 6.07) is 6.61. The second-order valence-electron chi connectivity index (χ2n) is 2.90. The van der Waals surface area contributed by atoms with E-state index in [1.807, 2.05) is 19.1 Å². The van der Waals surface area contributed by atoms with Crippen molar-refractivity contribution in [1.29, 1.82) is 10.5 Å². The molecule has 0 amide bonds. The van der Waals surface area contributed by atoms with Gasteiger partial charge in [0, 0.05) is 0 Å². The fraction of sp³-hybridized carbons (Fsp3) is 0.273. The summed E-state index contributed by atoms with van der Waals surface area (Å²) in [7, 11) is 0. The van der Waals surface area contributed by atoms with E-state index in [2.05, 4.69) is 0 Å². The monoisotopic (exact) mass is 188 g/mol. The summed E-state index contributed by atoms with van der Waals surface area (Å²) in [4.78, 5) is 0. The van der Waals surface area contributed by atoms with Crippen molar-refractivity contribution < 1.29 is 4.39 Å². The zero-order chi connectivity index (χ0) is 10.6. The Kier molecular flexibility index (Phi) is 3.20. The van der Waals surface area contributed by atoms with E-state index in [9.17, 15) is 4.39 Å². The van der Waals surface area contributed by atoms with Crippen LogP contribution in [0.5, 0.6) is 0 Å². The summed E-state index contributed by atoms with van der Waals surface area (Å²) in [5, 5.41) is 17.2. The topological polar surface area (TPSA) is 47.6 Å². The van der Waals surface area contributed by atoms with Gasteiger partial charge in [0.15, 0.2) is 0 Å². The predicted molar refractivity (Wildman–Crippen MR) is 49.8 cm³/mol. The number of rotatable bonds is 2. The normalized spacial score (nSPS) is 9.14. The third-order valence-corrected chi connectivity index (χ3v) is 2.04. The summed E-state index contributed by atoms with van der Waals surface area (Å²) in [5.74, 6) is -0.392. The second-order valence-corrected chi connectivity index (χ2v) is 2.90. The lowest BCUT2D eigenvalue weighted by Crippen LogP contribution is -1.97. The Hall–Kier alpha value is -1.87. The van der Waals surface area contributed by atoms with Crippen molar-refractivity contribution in [3.63, 3.8) is 0 Å². The molecule has 0 atom stereocenters. The number of benzene rings is 1. The lowest BCUT2D eigenvalue weighted by Gasteiger charge is -2.05. The molecule has 14 heavy (non-hydrogen) atoms. The number of halogens is 1. The highest BCUT2D eigenvalue weighted by molar-refractivity contribution is 5.40. The molecular formula is C11H9FN2. The third-order valence-electron chi connectivity index (χ3n) is 2.04. The van der Waals surface area contributed by atoms with Crippen molar-refractivity contribution in [3.05, 3.63) is 34.6 Å².